The number of carbonyl (C=O) groups excluding carboxylic acids is 2. The van der Waals surface area contributed by atoms with Gasteiger partial charge < -0.3 is 16.4 Å². The average Bonchev–Trinajstić information content (AvgIpc) is 3.15. The summed E-state index contributed by atoms with van der Waals surface area (Å²) < 4.78 is 1.75. The van der Waals surface area contributed by atoms with Gasteiger partial charge in [0.2, 0.25) is 5.91 Å². The summed E-state index contributed by atoms with van der Waals surface area (Å²) >= 11 is 1.28. The van der Waals surface area contributed by atoms with Crippen LogP contribution in [-0.2, 0) is 11.3 Å². The van der Waals surface area contributed by atoms with Gasteiger partial charge in [-0.2, -0.15) is 5.10 Å². The Morgan fingerprint density at radius 3 is 2.59 bits per heavy atom. The van der Waals surface area contributed by atoms with E-state index in [9.17, 15) is 9.59 Å². The van der Waals surface area contributed by atoms with Gasteiger partial charge in [-0.1, -0.05) is 30.3 Å². The molecule has 0 aliphatic rings. The number of hydrogen-bond acceptors (Lipinski definition) is 4. The van der Waals surface area contributed by atoms with Crippen LogP contribution in [0.3, 0.4) is 0 Å². The monoisotopic (exact) mass is 381 g/mol. The van der Waals surface area contributed by atoms with Crippen LogP contribution in [-0.4, -0.2) is 27.5 Å². The topological polar surface area (TPSA) is 102 Å². The molecule has 3 amide bonds. The third kappa shape index (κ3) is 5.35. The second kappa shape index (κ2) is 8.91. The predicted octanol–water partition coefficient (Wildman–Crippen LogP) is 2.77. The van der Waals surface area contributed by atoms with Gasteiger partial charge in [0.05, 0.1) is 23.3 Å². The van der Waals surface area contributed by atoms with Gasteiger partial charge in [-0.3, -0.25) is 4.79 Å². The molecule has 1 heterocycles. The molecule has 0 unspecified atom stereocenters. The number of nitrogens with two attached hydrogens (primary N) is 1. The van der Waals surface area contributed by atoms with Crippen LogP contribution in [0.5, 0.6) is 0 Å². The Kier molecular flexibility index (Phi) is 6.11. The number of aromatic nitrogens is 2. The number of nitrogens with one attached hydrogen (secondary N) is 2. The molecule has 0 radical (unpaired) electrons. The summed E-state index contributed by atoms with van der Waals surface area (Å²) in [4.78, 5) is 23.9. The second-order valence-corrected chi connectivity index (χ2v) is 6.70. The minimum atomic E-state index is -0.408. The largest absolute Gasteiger partial charge is 0.369 e. The van der Waals surface area contributed by atoms with Crippen LogP contribution in [0.4, 0.5) is 10.5 Å². The van der Waals surface area contributed by atoms with Crippen molar-refractivity contribution in [3.63, 3.8) is 0 Å². The van der Waals surface area contributed by atoms with Crippen molar-refractivity contribution in [2.75, 3.05) is 11.1 Å². The van der Waals surface area contributed by atoms with Gasteiger partial charge in [0, 0.05) is 23.2 Å². The maximum atomic E-state index is 12.2. The molecule has 3 aromatic rings. The Morgan fingerprint density at radius 2 is 1.81 bits per heavy atom. The van der Waals surface area contributed by atoms with E-state index in [1.54, 1.807) is 16.9 Å². The number of benzene rings is 2. The van der Waals surface area contributed by atoms with E-state index in [4.69, 9.17) is 5.73 Å². The Bertz CT molecular complexity index is 927. The van der Waals surface area contributed by atoms with Gasteiger partial charge in [-0.25, -0.2) is 9.48 Å². The van der Waals surface area contributed by atoms with Gasteiger partial charge in [0.25, 0.3) is 0 Å². The van der Waals surface area contributed by atoms with E-state index in [1.165, 1.54) is 11.8 Å². The zero-order valence-electron chi connectivity index (χ0n) is 14.5. The number of carbonyl (C=O) groups is 2. The maximum absolute atomic E-state index is 12.2. The van der Waals surface area contributed by atoms with E-state index in [0.29, 0.717) is 12.2 Å². The molecule has 27 heavy (non-hydrogen) atoms. The first-order valence-electron chi connectivity index (χ1n) is 8.26. The van der Waals surface area contributed by atoms with E-state index in [0.717, 1.165) is 16.1 Å². The molecule has 0 spiro atoms. The summed E-state index contributed by atoms with van der Waals surface area (Å²) in [5.41, 5.74) is 7.64. The smallest absolute Gasteiger partial charge is 0.319 e. The van der Waals surface area contributed by atoms with Crippen molar-refractivity contribution in [2.45, 2.75) is 11.4 Å². The number of hydrogen-bond donors (Lipinski definition) is 3. The van der Waals surface area contributed by atoms with E-state index < -0.39 is 5.91 Å². The third-order valence-electron chi connectivity index (χ3n) is 3.62. The van der Waals surface area contributed by atoms with Crippen molar-refractivity contribution >= 4 is 29.4 Å². The van der Waals surface area contributed by atoms with Gasteiger partial charge >= 0.3 is 6.03 Å². The van der Waals surface area contributed by atoms with Crippen LogP contribution in [0, 0.1) is 0 Å². The molecular formula is C19H19N5O2S. The molecular weight excluding hydrogens is 362 g/mol. The van der Waals surface area contributed by atoms with Gasteiger partial charge in [0.15, 0.2) is 0 Å². The predicted molar refractivity (Wildman–Crippen MR) is 106 cm³/mol. The Hall–Kier alpha value is -3.26. The highest BCUT2D eigenvalue weighted by Crippen LogP contribution is 2.26. The number of rotatable bonds is 7. The molecule has 7 nitrogen and oxygen atoms in total. The third-order valence-corrected chi connectivity index (χ3v) is 4.71. The van der Waals surface area contributed by atoms with Crippen LogP contribution in [0.15, 0.2) is 71.9 Å². The molecule has 4 N–H and O–H groups in total. The SMILES string of the molecule is NC(=O)CSc1ccccc1NC(=O)NCc1cnn(-c2ccccc2)c1. The van der Waals surface area contributed by atoms with Crippen LogP contribution in [0.2, 0.25) is 0 Å². The Balaban J connectivity index is 1.56. The van der Waals surface area contributed by atoms with Gasteiger partial charge in [-0.05, 0) is 24.3 Å². The fraction of sp³-hybridized carbons (Fsp3) is 0.105. The van der Waals surface area contributed by atoms with Crippen molar-refractivity contribution in [1.29, 1.82) is 0 Å². The number of urea groups is 1. The molecule has 0 saturated heterocycles. The maximum Gasteiger partial charge on any atom is 0.319 e. The minimum absolute atomic E-state index is 0.152. The van der Waals surface area contributed by atoms with Crippen molar-refractivity contribution < 1.29 is 9.59 Å². The van der Waals surface area contributed by atoms with Crippen LogP contribution in [0.1, 0.15) is 5.56 Å². The number of anilines is 1. The first kappa shape index (κ1) is 18.5. The van der Waals surface area contributed by atoms with Gasteiger partial charge in [0.1, 0.15) is 0 Å². The van der Waals surface area contributed by atoms with Crippen LogP contribution >= 0.6 is 11.8 Å². The molecule has 8 heteroatoms. The lowest BCUT2D eigenvalue weighted by Gasteiger charge is -2.10. The molecule has 138 valence electrons. The molecule has 2 aromatic carbocycles. The Labute approximate surface area is 160 Å². The number of para-hydroxylation sites is 2. The lowest BCUT2D eigenvalue weighted by molar-refractivity contribution is -0.115. The van der Waals surface area contributed by atoms with Crippen LogP contribution < -0.4 is 16.4 Å². The fourth-order valence-corrected chi connectivity index (χ4v) is 3.11. The molecule has 0 aliphatic carbocycles. The Morgan fingerprint density at radius 1 is 1.07 bits per heavy atom. The zero-order valence-corrected chi connectivity index (χ0v) is 15.3. The van der Waals surface area contributed by atoms with Crippen molar-refractivity contribution in [1.82, 2.24) is 15.1 Å². The van der Waals surface area contributed by atoms with Gasteiger partial charge in [-0.15, -0.1) is 11.8 Å². The molecule has 0 bridgehead atoms. The quantitative estimate of drug-likeness (QED) is 0.548. The molecule has 1 aromatic heterocycles. The van der Waals surface area contributed by atoms with E-state index in [1.807, 2.05) is 54.7 Å². The number of thioether (sulfide) groups is 1. The van der Waals surface area contributed by atoms with Crippen molar-refractivity contribution in [3.05, 3.63) is 72.6 Å². The lowest BCUT2D eigenvalue weighted by Crippen LogP contribution is -2.28. The average molecular weight is 381 g/mol. The highest BCUT2D eigenvalue weighted by Gasteiger charge is 2.08. The highest BCUT2D eigenvalue weighted by atomic mass is 32.2. The number of amides is 3. The molecule has 0 aliphatic heterocycles. The normalized spacial score (nSPS) is 10.4. The van der Waals surface area contributed by atoms with E-state index in [-0.39, 0.29) is 11.8 Å². The van der Waals surface area contributed by atoms with Crippen LogP contribution in [0.25, 0.3) is 5.69 Å². The summed E-state index contributed by atoms with van der Waals surface area (Å²) in [5, 5.41) is 9.89. The molecule has 3 rings (SSSR count). The first-order chi connectivity index (χ1) is 13.1. The standard InChI is InChI=1S/C19H19N5O2S/c20-18(25)13-27-17-9-5-4-8-16(17)23-19(26)21-10-14-11-22-24(12-14)15-6-2-1-3-7-15/h1-9,11-12H,10,13H2,(H2,20,25)(H2,21,23,26). The summed E-state index contributed by atoms with van der Waals surface area (Å²) in [6, 6.07) is 16.7. The second-order valence-electron chi connectivity index (χ2n) is 5.69. The minimum Gasteiger partial charge on any atom is -0.369 e. The summed E-state index contributed by atoms with van der Waals surface area (Å²) in [6.07, 6.45) is 3.58. The molecule has 0 saturated carbocycles. The fourth-order valence-electron chi connectivity index (χ4n) is 2.37. The van der Waals surface area contributed by atoms with Crippen molar-refractivity contribution in [3.8, 4) is 5.69 Å². The summed E-state index contributed by atoms with van der Waals surface area (Å²) in [7, 11) is 0. The highest BCUT2D eigenvalue weighted by molar-refractivity contribution is 8.00. The van der Waals surface area contributed by atoms with Crippen molar-refractivity contribution in [2.24, 2.45) is 5.73 Å². The summed E-state index contributed by atoms with van der Waals surface area (Å²) in [6.45, 7) is 0.343. The zero-order chi connectivity index (χ0) is 19.1. The lowest BCUT2D eigenvalue weighted by atomic mass is 10.3. The molecule has 0 atom stereocenters. The first-order valence-corrected chi connectivity index (χ1v) is 9.24. The number of primary amides is 1. The van der Waals surface area contributed by atoms with E-state index >= 15 is 0 Å². The summed E-state index contributed by atoms with van der Waals surface area (Å²) in [5.74, 6) is -0.256. The number of nitrogens with zero attached hydrogens (tertiary/aromatic N) is 2. The molecule has 0 fully saturated rings. The van der Waals surface area contributed by atoms with E-state index in [2.05, 4.69) is 15.7 Å².